The fourth-order valence-corrected chi connectivity index (χ4v) is 1.91. The van der Waals surface area contributed by atoms with Crippen molar-refractivity contribution in [1.29, 1.82) is 0 Å². The Hall–Kier alpha value is -1.41. The molecule has 2 nitrogen and oxygen atoms in total. The van der Waals surface area contributed by atoms with Crippen LogP contribution < -0.4 is 5.32 Å². The van der Waals surface area contributed by atoms with Gasteiger partial charge in [-0.15, -0.1) is 0 Å². The first-order valence-electron chi connectivity index (χ1n) is 8.22. The Morgan fingerprint density at radius 1 is 0.905 bits per heavy atom. The van der Waals surface area contributed by atoms with Crippen molar-refractivity contribution in [2.24, 2.45) is 0 Å². The molecule has 118 valence electrons. The molecule has 0 bridgehead atoms. The summed E-state index contributed by atoms with van der Waals surface area (Å²) in [7, 11) is 0. The van der Waals surface area contributed by atoms with E-state index in [9.17, 15) is 4.79 Å². The average Bonchev–Trinajstić information content (AvgIpc) is 2.38. The smallest absolute Gasteiger partial charge is 0.232 e. The van der Waals surface area contributed by atoms with Crippen molar-refractivity contribution in [3.8, 4) is 23.7 Å². The Labute approximate surface area is 131 Å². The monoisotopic (exact) mass is 289 g/mol. The molecule has 0 saturated heterocycles. The zero-order valence-corrected chi connectivity index (χ0v) is 14.3. The van der Waals surface area contributed by atoms with Gasteiger partial charge in [-0.1, -0.05) is 57.3 Å². The lowest BCUT2D eigenvalue weighted by molar-refractivity contribution is -0.121. The number of carbonyl (C=O) groups excluding carboxylic acids is 1. The Bertz CT molecular complexity index is 395. The lowest BCUT2D eigenvalue weighted by Gasteiger charge is -2.19. The minimum atomic E-state index is -0.193. The molecule has 1 amide bonds. The maximum atomic E-state index is 11.5. The number of hydrogen-bond donors (Lipinski definition) is 1. The minimum Gasteiger partial charge on any atom is -0.351 e. The van der Waals surface area contributed by atoms with E-state index in [-0.39, 0.29) is 17.9 Å². The summed E-state index contributed by atoms with van der Waals surface area (Å²) in [5.41, 5.74) is -0.193. The molecule has 0 radical (unpaired) electrons. The quantitative estimate of drug-likeness (QED) is 0.519. The average molecular weight is 289 g/mol. The molecule has 0 aliphatic heterocycles. The van der Waals surface area contributed by atoms with Crippen LogP contribution in [0.5, 0.6) is 0 Å². The summed E-state index contributed by atoms with van der Waals surface area (Å²) in [4.78, 5) is 11.5. The maximum Gasteiger partial charge on any atom is 0.232 e. The number of hydrogen-bond acceptors (Lipinski definition) is 1. The van der Waals surface area contributed by atoms with Crippen LogP contribution in [0.3, 0.4) is 0 Å². The van der Waals surface area contributed by atoms with Gasteiger partial charge in [-0.05, 0) is 39.0 Å². The van der Waals surface area contributed by atoms with Gasteiger partial charge in [0.15, 0.2) is 0 Å². The summed E-state index contributed by atoms with van der Waals surface area (Å²) >= 11 is 0. The van der Waals surface area contributed by atoms with E-state index in [4.69, 9.17) is 0 Å². The van der Waals surface area contributed by atoms with E-state index in [1.807, 2.05) is 20.8 Å². The molecule has 1 N–H and O–H groups in total. The van der Waals surface area contributed by atoms with Gasteiger partial charge in [0.25, 0.3) is 0 Å². The highest BCUT2D eigenvalue weighted by atomic mass is 16.1. The van der Waals surface area contributed by atoms with Gasteiger partial charge in [0.05, 0.1) is 6.42 Å². The van der Waals surface area contributed by atoms with Gasteiger partial charge in [-0.3, -0.25) is 4.79 Å². The third-order valence-electron chi connectivity index (χ3n) is 2.91. The maximum absolute atomic E-state index is 11.5. The van der Waals surface area contributed by atoms with Crippen LogP contribution in [0.25, 0.3) is 0 Å². The highest BCUT2D eigenvalue weighted by Crippen LogP contribution is 2.07. The molecule has 0 atom stereocenters. The summed E-state index contributed by atoms with van der Waals surface area (Å²) in [5.74, 6) is 11.4. The van der Waals surface area contributed by atoms with Crippen molar-refractivity contribution in [3.63, 3.8) is 0 Å². The fraction of sp³-hybridized carbons (Fsp3) is 0.737. The molecule has 0 heterocycles. The molecule has 0 unspecified atom stereocenters. The molecule has 0 aliphatic rings. The predicted octanol–water partition coefficient (Wildman–Crippen LogP) is 4.44. The van der Waals surface area contributed by atoms with E-state index in [1.54, 1.807) is 0 Å². The van der Waals surface area contributed by atoms with E-state index in [0.717, 1.165) is 12.8 Å². The van der Waals surface area contributed by atoms with Crippen molar-refractivity contribution in [1.82, 2.24) is 5.32 Å². The molecule has 0 rings (SSSR count). The van der Waals surface area contributed by atoms with Crippen LogP contribution in [0, 0.1) is 23.7 Å². The molecular formula is C19H31NO. The third kappa shape index (κ3) is 16.5. The van der Waals surface area contributed by atoms with Gasteiger partial charge in [0.2, 0.25) is 5.91 Å². The van der Waals surface area contributed by atoms with Crippen LogP contribution in [-0.2, 0) is 4.79 Å². The van der Waals surface area contributed by atoms with Crippen LogP contribution in [0.15, 0.2) is 0 Å². The first-order chi connectivity index (χ1) is 9.95. The summed E-state index contributed by atoms with van der Waals surface area (Å²) in [6.07, 6.45) is 10.3. The topological polar surface area (TPSA) is 29.1 Å². The highest BCUT2D eigenvalue weighted by molar-refractivity contribution is 5.79. The van der Waals surface area contributed by atoms with E-state index < -0.39 is 0 Å². The Kier molecular flexibility index (Phi) is 11.5. The zero-order valence-electron chi connectivity index (χ0n) is 14.3. The second kappa shape index (κ2) is 12.3. The minimum absolute atomic E-state index is 0.0381. The number of carbonyl (C=O) groups is 1. The van der Waals surface area contributed by atoms with Gasteiger partial charge < -0.3 is 5.32 Å². The molecule has 0 aromatic rings. The van der Waals surface area contributed by atoms with E-state index in [1.165, 1.54) is 38.5 Å². The van der Waals surface area contributed by atoms with E-state index in [2.05, 4.69) is 35.9 Å². The molecule has 0 fully saturated rings. The molecule has 0 aliphatic carbocycles. The highest BCUT2D eigenvalue weighted by Gasteiger charge is 2.11. The summed E-state index contributed by atoms with van der Waals surface area (Å²) in [6.45, 7) is 8.12. The molecule has 0 aromatic heterocycles. The number of amides is 1. The second-order valence-corrected chi connectivity index (χ2v) is 6.45. The Balaban J connectivity index is 3.58. The standard InChI is InChI=1S/C19H31NO/c1-5-6-7-8-9-10-11-12-13-14-15-16-17-18(21)20-19(2,3)4/h5-12,17H2,1-4H3,(H,20,21). The SMILES string of the molecule is CCCCCCCCCC#CC#CCC(=O)NC(C)(C)C. The van der Waals surface area contributed by atoms with Crippen LogP contribution in [0.1, 0.15) is 85.5 Å². The van der Waals surface area contributed by atoms with Gasteiger partial charge >= 0.3 is 0 Å². The van der Waals surface area contributed by atoms with Crippen LogP contribution in [-0.4, -0.2) is 11.4 Å². The normalized spacial score (nSPS) is 10.1. The first-order valence-corrected chi connectivity index (χ1v) is 8.22. The van der Waals surface area contributed by atoms with Crippen molar-refractivity contribution < 1.29 is 4.79 Å². The predicted molar refractivity (Wildman–Crippen MR) is 90.7 cm³/mol. The third-order valence-corrected chi connectivity index (χ3v) is 2.91. The van der Waals surface area contributed by atoms with Gasteiger partial charge in [-0.2, -0.15) is 0 Å². The largest absolute Gasteiger partial charge is 0.351 e. The van der Waals surface area contributed by atoms with Crippen molar-refractivity contribution >= 4 is 5.91 Å². The molecule has 21 heavy (non-hydrogen) atoms. The van der Waals surface area contributed by atoms with Crippen molar-refractivity contribution in [2.45, 2.75) is 91.0 Å². The summed E-state index contributed by atoms with van der Waals surface area (Å²) in [5, 5.41) is 2.87. The molecule has 2 heteroatoms. The van der Waals surface area contributed by atoms with Gasteiger partial charge in [0.1, 0.15) is 0 Å². The van der Waals surface area contributed by atoms with Crippen LogP contribution in [0.4, 0.5) is 0 Å². The van der Waals surface area contributed by atoms with E-state index >= 15 is 0 Å². The summed E-state index contributed by atoms with van der Waals surface area (Å²) in [6, 6.07) is 0. The van der Waals surface area contributed by atoms with Gasteiger partial charge in [-0.25, -0.2) is 0 Å². The lowest BCUT2D eigenvalue weighted by atomic mass is 10.1. The van der Waals surface area contributed by atoms with Crippen molar-refractivity contribution in [2.75, 3.05) is 0 Å². The van der Waals surface area contributed by atoms with Crippen LogP contribution in [0.2, 0.25) is 0 Å². The van der Waals surface area contributed by atoms with Crippen LogP contribution >= 0.6 is 0 Å². The molecule has 0 spiro atoms. The second-order valence-electron chi connectivity index (χ2n) is 6.45. The molecular weight excluding hydrogens is 258 g/mol. The van der Waals surface area contributed by atoms with Gasteiger partial charge in [0, 0.05) is 12.0 Å². The lowest BCUT2D eigenvalue weighted by Crippen LogP contribution is -2.40. The molecule has 0 aromatic carbocycles. The Morgan fingerprint density at radius 3 is 2.10 bits per heavy atom. The van der Waals surface area contributed by atoms with E-state index in [0.29, 0.717) is 0 Å². The zero-order chi connectivity index (χ0) is 16.0. The first kappa shape index (κ1) is 19.6. The number of rotatable bonds is 8. The Morgan fingerprint density at radius 2 is 1.48 bits per heavy atom. The van der Waals surface area contributed by atoms with Crippen molar-refractivity contribution in [3.05, 3.63) is 0 Å². The molecule has 0 saturated carbocycles. The number of unbranched alkanes of at least 4 members (excludes halogenated alkanes) is 7. The fourth-order valence-electron chi connectivity index (χ4n) is 1.91. The summed E-state index contributed by atoms with van der Waals surface area (Å²) < 4.78 is 0. The number of nitrogens with one attached hydrogen (secondary N) is 1.